The van der Waals surface area contributed by atoms with Crippen molar-refractivity contribution in [2.24, 2.45) is 11.7 Å². The van der Waals surface area contributed by atoms with Crippen LogP contribution < -0.4 is 11.1 Å². The molecule has 0 saturated heterocycles. The van der Waals surface area contributed by atoms with Crippen LogP contribution in [-0.2, 0) is 6.42 Å². The Morgan fingerprint density at radius 2 is 2.00 bits per heavy atom. The molecule has 0 atom stereocenters. The van der Waals surface area contributed by atoms with E-state index < -0.39 is 18.4 Å². The molecule has 0 radical (unpaired) electrons. The van der Waals surface area contributed by atoms with Gasteiger partial charge < -0.3 is 21.3 Å². The Balaban J connectivity index is 1.79. The van der Waals surface area contributed by atoms with Gasteiger partial charge in [0.1, 0.15) is 0 Å². The molecule has 10 heteroatoms. The van der Waals surface area contributed by atoms with E-state index in [-0.39, 0.29) is 30.5 Å². The molecular weight excluding hydrogens is 399 g/mol. The van der Waals surface area contributed by atoms with Gasteiger partial charge in [-0.05, 0) is 38.2 Å². The fourth-order valence-electron chi connectivity index (χ4n) is 3.74. The lowest BCUT2D eigenvalue weighted by Crippen LogP contribution is -2.41. The molecule has 0 spiro atoms. The van der Waals surface area contributed by atoms with Crippen LogP contribution in [-0.4, -0.2) is 42.8 Å². The Bertz CT molecular complexity index is 956. The number of alkyl halides is 3. The second kappa shape index (κ2) is 7.92. The average Bonchev–Trinajstić information content (AvgIpc) is 2.94. The van der Waals surface area contributed by atoms with Gasteiger partial charge in [-0.15, -0.1) is 0 Å². The van der Waals surface area contributed by atoms with Crippen LogP contribution in [0.5, 0.6) is 0 Å². The first-order valence-electron chi connectivity index (χ1n) is 9.63. The van der Waals surface area contributed by atoms with E-state index in [1.54, 1.807) is 12.3 Å². The predicted molar refractivity (Wildman–Crippen MR) is 107 cm³/mol. The first-order valence-corrected chi connectivity index (χ1v) is 9.63. The Kier molecular flexibility index (Phi) is 5.83. The van der Waals surface area contributed by atoms with E-state index in [1.807, 2.05) is 0 Å². The van der Waals surface area contributed by atoms with Crippen LogP contribution in [0.2, 0.25) is 0 Å². The molecule has 2 heterocycles. The van der Waals surface area contributed by atoms with Crippen molar-refractivity contribution in [3.63, 3.8) is 0 Å². The third kappa shape index (κ3) is 5.11. The molecule has 1 aliphatic carbocycles. The molecule has 0 amide bonds. The minimum atomic E-state index is -4.14. The van der Waals surface area contributed by atoms with Crippen LogP contribution >= 0.6 is 0 Å². The van der Waals surface area contributed by atoms with E-state index >= 15 is 0 Å². The molecule has 2 aromatic heterocycles. The molecule has 0 bridgehead atoms. The molecule has 30 heavy (non-hydrogen) atoms. The highest BCUT2D eigenvalue weighted by Gasteiger charge is 2.39. The zero-order chi connectivity index (χ0) is 22.3. The van der Waals surface area contributed by atoms with Crippen molar-refractivity contribution in [2.45, 2.75) is 57.0 Å². The summed E-state index contributed by atoms with van der Waals surface area (Å²) in [5.74, 6) is -2.23. The summed E-state index contributed by atoms with van der Waals surface area (Å²) >= 11 is 0. The van der Waals surface area contributed by atoms with Crippen molar-refractivity contribution in [3.8, 4) is 0 Å². The quantitative estimate of drug-likeness (QED) is 0.484. The monoisotopic (exact) mass is 425 g/mol. The molecule has 0 unspecified atom stereocenters. The maximum atomic E-state index is 12.5. The summed E-state index contributed by atoms with van der Waals surface area (Å²) < 4.78 is 39.0. The summed E-state index contributed by atoms with van der Waals surface area (Å²) in [7, 11) is 0. The van der Waals surface area contributed by atoms with Crippen LogP contribution in [0.3, 0.4) is 0 Å². The number of nitrogens with one attached hydrogen (secondary N) is 1. The van der Waals surface area contributed by atoms with Gasteiger partial charge in [-0.1, -0.05) is 13.2 Å². The van der Waals surface area contributed by atoms with Crippen LogP contribution in [0, 0.1) is 5.92 Å². The molecule has 0 aromatic carbocycles. The molecule has 7 nitrogen and oxygen atoms in total. The maximum absolute atomic E-state index is 12.5. The molecule has 1 fully saturated rings. The van der Waals surface area contributed by atoms with E-state index in [0.29, 0.717) is 41.1 Å². The van der Waals surface area contributed by atoms with Crippen LogP contribution in [0.1, 0.15) is 49.6 Å². The van der Waals surface area contributed by atoms with E-state index in [1.165, 1.54) is 11.4 Å². The van der Waals surface area contributed by atoms with E-state index in [9.17, 15) is 23.4 Å². The Hall–Kier alpha value is -2.59. The third-order valence-corrected chi connectivity index (χ3v) is 5.19. The van der Waals surface area contributed by atoms with Gasteiger partial charge in [-0.25, -0.2) is 9.50 Å². The topological polar surface area (TPSA) is 109 Å². The molecule has 0 aliphatic heterocycles. The number of rotatable bonds is 8. The number of aryl methyl sites for hydroxylation is 1. The van der Waals surface area contributed by atoms with Crippen LogP contribution in [0.15, 0.2) is 25.4 Å². The normalized spacial score (nSPS) is 19.5. The number of hydrogen-bond donors (Lipinski definition) is 4. The lowest BCUT2D eigenvalue weighted by atomic mass is 9.78. The number of halogens is 3. The smallest absolute Gasteiger partial charge is 0.389 e. The molecule has 3 rings (SSSR count). The molecule has 5 N–H and O–H groups in total. The maximum Gasteiger partial charge on any atom is 0.389 e. The summed E-state index contributed by atoms with van der Waals surface area (Å²) in [6.45, 7) is 9.05. The Morgan fingerprint density at radius 1 is 1.33 bits per heavy atom. The molecule has 1 saturated carbocycles. The van der Waals surface area contributed by atoms with Gasteiger partial charge in [0.15, 0.2) is 11.4 Å². The van der Waals surface area contributed by atoms with Crippen molar-refractivity contribution < 1.29 is 23.4 Å². The highest BCUT2D eigenvalue weighted by molar-refractivity contribution is 5.76. The van der Waals surface area contributed by atoms with Crippen molar-refractivity contribution in [2.75, 3.05) is 0 Å². The lowest BCUT2D eigenvalue weighted by Gasteiger charge is -2.37. The highest BCUT2D eigenvalue weighted by atomic mass is 19.4. The van der Waals surface area contributed by atoms with Gasteiger partial charge >= 0.3 is 6.18 Å². The summed E-state index contributed by atoms with van der Waals surface area (Å²) in [6.07, 6.45) is -2.23. The van der Waals surface area contributed by atoms with Gasteiger partial charge in [0.2, 0.25) is 0 Å². The van der Waals surface area contributed by atoms with Gasteiger partial charge in [-0.3, -0.25) is 0 Å². The molecule has 1 aliphatic rings. The number of hydrogen-bond acceptors (Lipinski definition) is 6. The van der Waals surface area contributed by atoms with Crippen molar-refractivity contribution in [3.05, 3.63) is 42.4 Å². The van der Waals surface area contributed by atoms with Gasteiger partial charge in [0.25, 0.3) is 0 Å². The SMILES string of the molecule is C=C(N)c1c(CCC(C)(O)O)nn2c(C(=C)NC3CC(CC(F)(F)F)C3)ccnc12. The fraction of sp³-hybridized carbons (Fsp3) is 0.500. The number of aliphatic hydroxyl groups is 2. The summed E-state index contributed by atoms with van der Waals surface area (Å²) in [6, 6.07) is 1.60. The summed E-state index contributed by atoms with van der Waals surface area (Å²) in [4.78, 5) is 4.32. The summed E-state index contributed by atoms with van der Waals surface area (Å²) in [5.41, 5.74) is 8.74. The van der Waals surface area contributed by atoms with E-state index in [2.05, 4.69) is 28.6 Å². The van der Waals surface area contributed by atoms with Crippen LogP contribution in [0.25, 0.3) is 17.0 Å². The van der Waals surface area contributed by atoms with E-state index in [0.717, 1.165) is 0 Å². The molecule has 164 valence electrons. The number of aromatic nitrogens is 3. The highest BCUT2D eigenvalue weighted by Crippen LogP contribution is 2.38. The summed E-state index contributed by atoms with van der Waals surface area (Å²) in [5, 5.41) is 26.9. The van der Waals surface area contributed by atoms with Crippen molar-refractivity contribution in [1.82, 2.24) is 19.9 Å². The van der Waals surface area contributed by atoms with Crippen molar-refractivity contribution >= 4 is 17.0 Å². The largest absolute Gasteiger partial charge is 0.399 e. The minimum absolute atomic E-state index is 0.0361. The van der Waals surface area contributed by atoms with Gasteiger partial charge in [-0.2, -0.15) is 18.3 Å². The lowest BCUT2D eigenvalue weighted by molar-refractivity contribution is -0.151. The second-order valence-electron chi connectivity index (χ2n) is 8.11. The fourth-order valence-corrected chi connectivity index (χ4v) is 3.74. The molecular formula is C20H26F3N5O2. The second-order valence-corrected chi connectivity index (χ2v) is 8.11. The zero-order valence-electron chi connectivity index (χ0n) is 16.7. The Labute approximate surface area is 172 Å². The Morgan fingerprint density at radius 3 is 2.57 bits per heavy atom. The van der Waals surface area contributed by atoms with E-state index in [4.69, 9.17) is 5.73 Å². The number of nitrogens with zero attached hydrogens (tertiary/aromatic N) is 3. The van der Waals surface area contributed by atoms with Gasteiger partial charge in [0.05, 0.1) is 22.6 Å². The van der Waals surface area contributed by atoms with Gasteiger partial charge in [0, 0.05) is 30.8 Å². The first kappa shape index (κ1) is 22.1. The number of nitrogens with two attached hydrogens (primary N) is 1. The van der Waals surface area contributed by atoms with Crippen LogP contribution in [0.4, 0.5) is 13.2 Å². The predicted octanol–water partition coefficient (Wildman–Crippen LogP) is 2.58. The minimum Gasteiger partial charge on any atom is -0.399 e. The zero-order valence-corrected chi connectivity index (χ0v) is 16.7. The first-order chi connectivity index (χ1) is 13.8. The standard InChI is InChI=1S/C20H26F3N5O2/c1-11(24)17-15(4-6-19(3,29)30)27-28-16(5-7-25-18(17)28)12(2)26-14-8-13(9-14)10-20(21,22)23/h5,7,13-14,26,29-30H,1-2,4,6,8-10,24H2,3H3. The average molecular weight is 425 g/mol. The number of fused-ring (bicyclic) bond motifs is 1. The van der Waals surface area contributed by atoms with Crippen molar-refractivity contribution in [1.29, 1.82) is 0 Å². The third-order valence-electron chi connectivity index (χ3n) is 5.19. The molecule has 2 aromatic rings.